The van der Waals surface area contributed by atoms with Gasteiger partial charge in [-0.2, -0.15) is 0 Å². The molecule has 25 heavy (non-hydrogen) atoms. The number of nitrogens with one attached hydrogen (secondary N) is 1. The fourth-order valence-corrected chi connectivity index (χ4v) is 3.18. The molecule has 1 aromatic carbocycles. The number of imidazole rings is 1. The van der Waals surface area contributed by atoms with Crippen LogP contribution in [0.4, 0.5) is 0 Å². The predicted octanol–water partition coefficient (Wildman–Crippen LogP) is 2.84. The maximum Gasteiger partial charge on any atom is 0.257 e. The van der Waals surface area contributed by atoms with Crippen LogP contribution < -0.4 is 4.74 Å². The molecular weight excluding hydrogens is 318 g/mol. The number of rotatable bonds is 7. The Bertz CT molecular complexity index is 672. The molecule has 3 rings (SSSR count). The van der Waals surface area contributed by atoms with Gasteiger partial charge in [-0.3, -0.25) is 4.79 Å². The molecule has 1 aromatic heterocycles. The van der Waals surface area contributed by atoms with Gasteiger partial charge in [-0.05, 0) is 31.9 Å². The number of ether oxygens (including phenoxy) is 2. The first kappa shape index (κ1) is 17.5. The van der Waals surface area contributed by atoms with E-state index in [1.54, 1.807) is 6.20 Å². The largest absolute Gasteiger partial charge is 0.490 e. The number of hydrogen-bond acceptors (Lipinski definition) is 4. The molecule has 1 atom stereocenters. The van der Waals surface area contributed by atoms with Crippen LogP contribution in [0.25, 0.3) is 0 Å². The number of para-hydroxylation sites is 1. The van der Waals surface area contributed by atoms with Crippen molar-refractivity contribution in [2.45, 2.75) is 25.7 Å². The van der Waals surface area contributed by atoms with E-state index in [1.807, 2.05) is 42.3 Å². The van der Waals surface area contributed by atoms with Gasteiger partial charge >= 0.3 is 0 Å². The molecule has 0 bridgehead atoms. The average molecular weight is 343 g/mol. The molecule has 0 aliphatic carbocycles. The Morgan fingerprint density at radius 3 is 3.04 bits per heavy atom. The van der Waals surface area contributed by atoms with E-state index in [0.717, 1.165) is 25.2 Å². The van der Waals surface area contributed by atoms with E-state index in [2.05, 4.69) is 9.97 Å². The second kappa shape index (κ2) is 8.67. The van der Waals surface area contributed by atoms with E-state index < -0.39 is 0 Å². The Morgan fingerprint density at radius 2 is 2.24 bits per heavy atom. The number of carbonyl (C=O) groups is 1. The highest BCUT2D eigenvalue weighted by Gasteiger charge is 2.28. The van der Waals surface area contributed by atoms with Gasteiger partial charge in [-0.25, -0.2) is 4.98 Å². The molecule has 1 fully saturated rings. The number of H-pyrrole nitrogens is 1. The Labute approximate surface area is 148 Å². The Kier molecular flexibility index (Phi) is 6.06. The fraction of sp³-hybridized carbons (Fsp3) is 0.474. The summed E-state index contributed by atoms with van der Waals surface area (Å²) < 4.78 is 11.1. The highest BCUT2D eigenvalue weighted by Crippen LogP contribution is 2.27. The molecule has 2 aromatic rings. The van der Waals surface area contributed by atoms with Crippen molar-refractivity contribution >= 4 is 5.91 Å². The van der Waals surface area contributed by atoms with E-state index >= 15 is 0 Å². The quantitative estimate of drug-likeness (QED) is 0.785. The van der Waals surface area contributed by atoms with Crippen LogP contribution in [0.2, 0.25) is 0 Å². The molecule has 1 aliphatic heterocycles. The fourth-order valence-electron chi connectivity index (χ4n) is 3.18. The summed E-state index contributed by atoms with van der Waals surface area (Å²) in [6.45, 7) is 5.01. The number of benzene rings is 1. The van der Waals surface area contributed by atoms with Gasteiger partial charge in [0.05, 0.1) is 12.2 Å². The summed E-state index contributed by atoms with van der Waals surface area (Å²) in [6.07, 6.45) is 5.61. The Balaban J connectivity index is 1.67. The summed E-state index contributed by atoms with van der Waals surface area (Å²) >= 11 is 0. The molecule has 1 amide bonds. The molecule has 1 unspecified atom stereocenters. The minimum absolute atomic E-state index is 0.0169. The Morgan fingerprint density at radius 1 is 1.36 bits per heavy atom. The average Bonchev–Trinajstić information content (AvgIpc) is 3.20. The monoisotopic (exact) mass is 343 g/mol. The van der Waals surface area contributed by atoms with Crippen LogP contribution in [0, 0.1) is 0 Å². The van der Waals surface area contributed by atoms with Gasteiger partial charge in [0.25, 0.3) is 5.91 Å². The smallest absolute Gasteiger partial charge is 0.257 e. The molecule has 0 radical (unpaired) electrons. The van der Waals surface area contributed by atoms with E-state index in [-0.39, 0.29) is 11.8 Å². The topological polar surface area (TPSA) is 67.5 Å². The number of piperidine rings is 1. The molecule has 6 heteroatoms. The lowest BCUT2D eigenvalue weighted by Crippen LogP contribution is -2.39. The van der Waals surface area contributed by atoms with E-state index in [9.17, 15) is 4.79 Å². The van der Waals surface area contributed by atoms with Gasteiger partial charge < -0.3 is 19.4 Å². The van der Waals surface area contributed by atoms with E-state index in [0.29, 0.717) is 37.7 Å². The third kappa shape index (κ3) is 4.39. The van der Waals surface area contributed by atoms with Crippen molar-refractivity contribution in [2.24, 2.45) is 0 Å². The zero-order valence-corrected chi connectivity index (χ0v) is 14.6. The summed E-state index contributed by atoms with van der Waals surface area (Å²) in [4.78, 5) is 22.4. The molecule has 2 heterocycles. The highest BCUT2D eigenvalue weighted by molar-refractivity contribution is 5.97. The van der Waals surface area contributed by atoms with Crippen LogP contribution >= 0.6 is 0 Å². The van der Waals surface area contributed by atoms with Crippen molar-refractivity contribution in [1.29, 1.82) is 0 Å². The van der Waals surface area contributed by atoms with Crippen LogP contribution in [0.5, 0.6) is 5.75 Å². The lowest BCUT2D eigenvalue weighted by atomic mass is 9.96. The third-order valence-electron chi connectivity index (χ3n) is 4.42. The van der Waals surface area contributed by atoms with Gasteiger partial charge in [-0.15, -0.1) is 0 Å². The number of aromatic nitrogens is 2. The summed E-state index contributed by atoms with van der Waals surface area (Å²) in [6, 6.07) is 7.42. The second-order valence-electron chi connectivity index (χ2n) is 6.11. The maximum absolute atomic E-state index is 13.0. The SMILES string of the molecule is CCOCCOc1ccccc1C(=O)N1CCCC(c2ncc[nH]2)C1. The summed E-state index contributed by atoms with van der Waals surface area (Å²) in [7, 11) is 0. The van der Waals surface area contributed by atoms with Crippen molar-refractivity contribution in [3.63, 3.8) is 0 Å². The van der Waals surface area contributed by atoms with Crippen LogP contribution in [0.1, 0.15) is 41.9 Å². The van der Waals surface area contributed by atoms with Gasteiger partial charge in [0.2, 0.25) is 0 Å². The minimum atomic E-state index is 0.0169. The molecular formula is C19H25N3O3. The van der Waals surface area contributed by atoms with Crippen molar-refractivity contribution in [1.82, 2.24) is 14.9 Å². The summed E-state index contributed by atoms with van der Waals surface area (Å²) in [5, 5.41) is 0. The molecule has 0 saturated carbocycles. The van der Waals surface area contributed by atoms with E-state index in [1.165, 1.54) is 0 Å². The van der Waals surface area contributed by atoms with E-state index in [4.69, 9.17) is 9.47 Å². The molecule has 1 aliphatic rings. The van der Waals surface area contributed by atoms with Crippen molar-refractivity contribution in [3.8, 4) is 5.75 Å². The molecule has 0 spiro atoms. The van der Waals surface area contributed by atoms with Gasteiger partial charge in [0, 0.05) is 38.0 Å². The molecule has 134 valence electrons. The number of nitrogens with zero attached hydrogens (tertiary/aromatic N) is 2. The number of amides is 1. The van der Waals surface area contributed by atoms with Crippen LogP contribution in [-0.4, -0.2) is 53.7 Å². The standard InChI is InChI=1S/C19H25N3O3/c1-2-24-12-13-25-17-8-4-3-7-16(17)19(23)22-11-5-6-15(14-22)18-20-9-10-21-18/h3-4,7-10,15H,2,5-6,11-14H2,1H3,(H,20,21). The summed E-state index contributed by atoms with van der Waals surface area (Å²) in [5.41, 5.74) is 0.610. The number of hydrogen-bond donors (Lipinski definition) is 1. The zero-order valence-electron chi connectivity index (χ0n) is 14.6. The molecule has 1 N–H and O–H groups in total. The predicted molar refractivity (Wildman–Crippen MR) is 94.9 cm³/mol. The third-order valence-corrected chi connectivity index (χ3v) is 4.42. The molecule has 6 nitrogen and oxygen atoms in total. The van der Waals surface area contributed by atoms with Crippen molar-refractivity contribution in [3.05, 3.63) is 48.0 Å². The summed E-state index contributed by atoms with van der Waals surface area (Å²) in [5.74, 6) is 1.85. The van der Waals surface area contributed by atoms with Gasteiger partial charge in [-0.1, -0.05) is 12.1 Å². The second-order valence-corrected chi connectivity index (χ2v) is 6.11. The van der Waals surface area contributed by atoms with Crippen LogP contribution in [0.3, 0.4) is 0 Å². The highest BCUT2D eigenvalue weighted by atomic mass is 16.5. The minimum Gasteiger partial charge on any atom is -0.490 e. The number of carbonyl (C=O) groups excluding carboxylic acids is 1. The number of likely N-dealkylation sites (tertiary alicyclic amines) is 1. The van der Waals surface area contributed by atoms with Gasteiger partial charge in [0.1, 0.15) is 18.2 Å². The first-order valence-electron chi connectivity index (χ1n) is 8.87. The van der Waals surface area contributed by atoms with Crippen LogP contribution in [0.15, 0.2) is 36.7 Å². The lowest BCUT2D eigenvalue weighted by molar-refractivity contribution is 0.0695. The normalized spacial score (nSPS) is 17.5. The zero-order chi connectivity index (χ0) is 17.5. The number of aromatic amines is 1. The van der Waals surface area contributed by atoms with Crippen LogP contribution in [-0.2, 0) is 4.74 Å². The van der Waals surface area contributed by atoms with Crippen molar-refractivity contribution in [2.75, 3.05) is 32.9 Å². The Hall–Kier alpha value is -2.34. The van der Waals surface area contributed by atoms with Gasteiger partial charge in [0.15, 0.2) is 0 Å². The lowest BCUT2D eigenvalue weighted by Gasteiger charge is -2.32. The van der Waals surface area contributed by atoms with Crippen molar-refractivity contribution < 1.29 is 14.3 Å². The maximum atomic E-state index is 13.0. The first-order valence-corrected chi connectivity index (χ1v) is 8.87. The first-order chi connectivity index (χ1) is 12.3. The molecule has 1 saturated heterocycles.